The summed E-state index contributed by atoms with van der Waals surface area (Å²) in [6.07, 6.45) is 3.57. The number of nitrogens with one attached hydrogen (secondary N) is 1. The zero-order chi connectivity index (χ0) is 13.2. The van der Waals surface area contributed by atoms with Crippen molar-refractivity contribution in [1.82, 2.24) is 20.3 Å². The third kappa shape index (κ3) is 3.29. The number of rotatable bonds is 3. The van der Waals surface area contributed by atoms with E-state index in [1.807, 2.05) is 0 Å². The molecular formula is C12H20N4O2. The lowest BCUT2D eigenvalue weighted by Gasteiger charge is -2.35. The summed E-state index contributed by atoms with van der Waals surface area (Å²) < 4.78 is 7.17. The minimum Gasteiger partial charge on any atom is -0.376 e. The van der Waals surface area contributed by atoms with E-state index in [0.717, 1.165) is 19.4 Å². The van der Waals surface area contributed by atoms with Crippen LogP contribution >= 0.6 is 0 Å². The molecule has 0 aliphatic carbocycles. The maximum absolute atomic E-state index is 11.8. The number of carbonyl (C=O) groups excluding carboxylic acids is 1. The van der Waals surface area contributed by atoms with Gasteiger partial charge in [0, 0.05) is 20.2 Å². The first-order chi connectivity index (χ1) is 8.46. The summed E-state index contributed by atoms with van der Waals surface area (Å²) in [5.74, 6) is 0.307. The number of ether oxygens (including phenoxy) is 1. The Balaban J connectivity index is 1.83. The molecule has 6 nitrogen and oxygen atoms in total. The molecule has 1 aliphatic heterocycles. The van der Waals surface area contributed by atoms with Gasteiger partial charge in [-0.25, -0.2) is 0 Å². The lowest BCUT2D eigenvalue weighted by atomic mass is 9.88. The molecule has 0 aromatic carbocycles. The first-order valence-electron chi connectivity index (χ1n) is 6.25. The Morgan fingerprint density at radius 3 is 3.06 bits per heavy atom. The van der Waals surface area contributed by atoms with Crippen LogP contribution in [0.2, 0.25) is 0 Å². The highest BCUT2D eigenvalue weighted by atomic mass is 16.5. The molecule has 1 aromatic rings. The summed E-state index contributed by atoms with van der Waals surface area (Å²) in [5.41, 5.74) is 0.282. The van der Waals surface area contributed by atoms with Crippen molar-refractivity contribution in [2.24, 2.45) is 13.0 Å². The number of carbonyl (C=O) groups is 1. The van der Waals surface area contributed by atoms with E-state index in [9.17, 15) is 4.79 Å². The van der Waals surface area contributed by atoms with Crippen LogP contribution in [0.5, 0.6) is 0 Å². The van der Waals surface area contributed by atoms with Gasteiger partial charge in [-0.3, -0.25) is 9.48 Å². The second-order valence-corrected chi connectivity index (χ2v) is 5.45. The van der Waals surface area contributed by atoms with E-state index in [0.29, 0.717) is 18.2 Å². The normalized spacial score (nSPS) is 22.7. The highest BCUT2D eigenvalue weighted by Gasteiger charge is 2.29. The van der Waals surface area contributed by atoms with Crippen molar-refractivity contribution in [3.8, 4) is 0 Å². The predicted molar refractivity (Wildman–Crippen MR) is 66.1 cm³/mol. The molecule has 1 amide bonds. The Kier molecular flexibility index (Phi) is 3.65. The van der Waals surface area contributed by atoms with Gasteiger partial charge in [0.1, 0.15) is 0 Å². The van der Waals surface area contributed by atoms with Gasteiger partial charge in [-0.2, -0.15) is 0 Å². The average Bonchev–Trinajstić information content (AvgIpc) is 2.71. The average molecular weight is 252 g/mol. The van der Waals surface area contributed by atoms with E-state index in [4.69, 9.17) is 4.74 Å². The van der Waals surface area contributed by atoms with E-state index in [1.165, 1.54) is 4.68 Å². The van der Waals surface area contributed by atoms with Crippen LogP contribution in [0, 0.1) is 5.92 Å². The second kappa shape index (κ2) is 5.06. The van der Waals surface area contributed by atoms with Crippen molar-refractivity contribution in [3.05, 3.63) is 11.9 Å². The molecule has 1 unspecified atom stereocenters. The molecule has 6 heteroatoms. The fourth-order valence-corrected chi connectivity index (χ4v) is 2.31. The van der Waals surface area contributed by atoms with Crippen LogP contribution in [0.15, 0.2) is 6.20 Å². The smallest absolute Gasteiger partial charge is 0.273 e. The van der Waals surface area contributed by atoms with E-state index in [-0.39, 0.29) is 11.5 Å². The largest absolute Gasteiger partial charge is 0.376 e. The topological polar surface area (TPSA) is 69.0 Å². The molecule has 1 fully saturated rings. The SMILES string of the molecule is Cn1cc(C(=O)NCC2CCOC(C)(C)C2)nn1. The second-order valence-electron chi connectivity index (χ2n) is 5.45. The molecule has 100 valence electrons. The standard InChI is InChI=1S/C12H20N4O2/c1-12(2)6-9(4-5-18-12)7-13-11(17)10-8-16(3)15-14-10/h8-9H,4-7H2,1-3H3,(H,13,17). The fraction of sp³-hybridized carbons (Fsp3) is 0.750. The molecule has 0 spiro atoms. The summed E-state index contributed by atoms with van der Waals surface area (Å²) in [6, 6.07) is 0. The Morgan fingerprint density at radius 2 is 2.44 bits per heavy atom. The van der Waals surface area contributed by atoms with Crippen molar-refractivity contribution in [3.63, 3.8) is 0 Å². The van der Waals surface area contributed by atoms with Crippen LogP contribution in [0.25, 0.3) is 0 Å². The third-order valence-corrected chi connectivity index (χ3v) is 3.19. The third-order valence-electron chi connectivity index (χ3n) is 3.19. The fourth-order valence-electron chi connectivity index (χ4n) is 2.31. The summed E-state index contributed by atoms with van der Waals surface area (Å²) >= 11 is 0. The summed E-state index contributed by atoms with van der Waals surface area (Å²) in [7, 11) is 1.74. The maximum atomic E-state index is 11.8. The molecule has 1 aromatic heterocycles. The predicted octanol–water partition coefficient (Wildman–Crippen LogP) is 0.750. The van der Waals surface area contributed by atoms with Crippen LogP contribution in [0.4, 0.5) is 0 Å². The lowest BCUT2D eigenvalue weighted by Crippen LogP contribution is -2.39. The number of hydrogen-bond donors (Lipinski definition) is 1. The summed E-state index contributed by atoms with van der Waals surface area (Å²) in [6.45, 7) is 5.61. The van der Waals surface area contributed by atoms with Gasteiger partial charge in [-0.05, 0) is 32.6 Å². The number of aromatic nitrogens is 3. The molecule has 1 atom stereocenters. The van der Waals surface area contributed by atoms with Crippen molar-refractivity contribution >= 4 is 5.91 Å². The number of amides is 1. The van der Waals surface area contributed by atoms with Gasteiger partial charge in [0.2, 0.25) is 0 Å². The minimum atomic E-state index is -0.160. The maximum Gasteiger partial charge on any atom is 0.273 e. The van der Waals surface area contributed by atoms with Gasteiger partial charge in [0.05, 0.1) is 11.8 Å². The van der Waals surface area contributed by atoms with Gasteiger partial charge < -0.3 is 10.1 Å². The molecule has 0 radical (unpaired) electrons. The number of aryl methyl sites for hydroxylation is 1. The van der Waals surface area contributed by atoms with Gasteiger partial charge in [-0.15, -0.1) is 5.10 Å². The van der Waals surface area contributed by atoms with Crippen LogP contribution in [0.1, 0.15) is 37.2 Å². The first-order valence-corrected chi connectivity index (χ1v) is 6.25. The van der Waals surface area contributed by atoms with E-state index >= 15 is 0 Å². The highest BCUT2D eigenvalue weighted by molar-refractivity contribution is 5.91. The molecule has 1 aliphatic rings. The van der Waals surface area contributed by atoms with Crippen LogP contribution in [-0.4, -0.2) is 39.7 Å². The molecular weight excluding hydrogens is 232 g/mol. The van der Waals surface area contributed by atoms with Gasteiger partial charge in [0.15, 0.2) is 5.69 Å². The van der Waals surface area contributed by atoms with Crippen molar-refractivity contribution < 1.29 is 9.53 Å². The quantitative estimate of drug-likeness (QED) is 0.862. The van der Waals surface area contributed by atoms with Crippen LogP contribution in [0.3, 0.4) is 0 Å². The zero-order valence-electron chi connectivity index (χ0n) is 11.1. The number of nitrogens with zero attached hydrogens (tertiary/aromatic N) is 3. The molecule has 0 bridgehead atoms. The molecule has 2 rings (SSSR count). The Morgan fingerprint density at radius 1 is 1.67 bits per heavy atom. The zero-order valence-corrected chi connectivity index (χ0v) is 11.1. The van der Waals surface area contributed by atoms with Crippen molar-refractivity contribution in [2.75, 3.05) is 13.2 Å². The first kappa shape index (κ1) is 13.0. The van der Waals surface area contributed by atoms with Gasteiger partial charge in [0.25, 0.3) is 5.91 Å². The number of hydrogen-bond acceptors (Lipinski definition) is 4. The van der Waals surface area contributed by atoms with Crippen LogP contribution in [-0.2, 0) is 11.8 Å². The minimum absolute atomic E-state index is 0.0831. The van der Waals surface area contributed by atoms with Crippen LogP contribution < -0.4 is 5.32 Å². The van der Waals surface area contributed by atoms with Gasteiger partial charge >= 0.3 is 0 Å². The Bertz CT molecular complexity index is 427. The monoisotopic (exact) mass is 252 g/mol. The Hall–Kier alpha value is -1.43. The molecule has 18 heavy (non-hydrogen) atoms. The van der Waals surface area contributed by atoms with Crippen molar-refractivity contribution in [1.29, 1.82) is 0 Å². The van der Waals surface area contributed by atoms with E-state index < -0.39 is 0 Å². The molecule has 1 N–H and O–H groups in total. The molecule has 2 heterocycles. The summed E-state index contributed by atoms with van der Waals surface area (Å²) in [4.78, 5) is 11.8. The molecule has 0 saturated carbocycles. The molecule has 1 saturated heterocycles. The van der Waals surface area contributed by atoms with E-state index in [1.54, 1.807) is 13.2 Å². The Labute approximate surface area is 107 Å². The summed E-state index contributed by atoms with van der Waals surface area (Å²) in [5, 5.41) is 10.4. The van der Waals surface area contributed by atoms with Gasteiger partial charge in [-0.1, -0.05) is 5.21 Å². The van der Waals surface area contributed by atoms with E-state index in [2.05, 4.69) is 29.5 Å². The van der Waals surface area contributed by atoms with Crippen molar-refractivity contribution in [2.45, 2.75) is 32.3 Å². The lowest BCUT2D eigenvalue weighted by molar-refractivity contribution is -0.0715. The highest BCUT2D eigenvalue weighted by Crippen LogP contribution is 2.27.